The van der Waals surface area contributed by atoms with Gasteiger partial charge in [0.15, 0.2) is 0 Å². The molecule has 0 radical (unpaired) electrons. The second kappa shape index (κ2) is 5.15. The summed E-state index contributed by atoms with van der Waals surface area (Å²) in [5, 5.41) is 0. The van der Waals surface area contributed by atoms with E-state index in [1.54, 1.807) is 4.90 Å². The lowest BCUT2D eigenvalue weighted by atomic mass is 9.75. The Bertz CT molecular complexity index is 249. The van der Waals surface area contributed by atoms with Crippen molar-refractivity contribution >= 4 is 5.91 Å². The molecule has 0 aromatic carbocycles. The number of carbonyl (C=O) groups is 1. The lowest BCUT2D eigenvalue weighted by Crippen LogP contribution is -2.58. The quantitative estimate of drug-likeness (QED) is 0.751. The van der Waals surface area contributed by atoms with Crippen LogP contribution in [0, 0.1) is 0 Å². The first-order valence-electron chi connectivity index (χ1n) is 6.11. The molecule has 0 spiro atoms. The van der Waals surface area contributed by atoms with E-state index in [4.69, 9.17) is 5.73 Å². The van der Waals surface area contributed by atoms with E-state index in [0.717, 1.165) is 6.54 Å². The normalized spacial score (nSPS) is 20.4. The Labute approximate surface area is 98.8 Å². The minimum absolute atomic E-state index is 0.0654. The maximum absolute atomic E-state index is 11.9. The molecule has 0 aliphatic heterocycles. The molecule has 94 valence electrons. The van der Waals surface area contributed by atoms with Crippen molar-refractivity contribution in [2.45, 2.75) is 44.2 Å². The molecule has 1 aliphatic carbocycles. The highest BCUT2D eigenvalue weighted by Gasteiger charge is 2.40. The van der Waals surface area contributed by atoms with E-state index in [1.807, 2.05) is 14.0 Å². The lowest BCUT2D eigenvalue weighted by Gasteiger charge is -2.49. The zero-order chi connectivity index (χ0) is 12.3. The first-order chi connectivity index (χ1) is 7.43. The molecule has 1 unspecified atom stereocenters. The molecule has 0 saturated heterocycles. The summed E-state index contributed by atoms with van der Waals surface area (Å²) in [6, 6.07) is -0.343. The van der Waals surface area contributed by atoms with E-state index >= 15 is 0 Å². The first kappa shape index (κ1) is 13.5. The summed E-state index contributed by atoms with van der Waals surface area (Å²) in [5.74, 6) is 0.0654. The largest absolute Gasteiger partial charge is 0.343 e. The zero-order valence-electron chi connectivity index (χ0n) is 11.0. The summed E-state index contributed by atoms with van der Waals surface area (Å²) in [6.07, 6.45) is 4.33. The highest BCUT2D eigenvalue weighted by molar-refractivity contribution is 5.81. The molecule has 0 aromatic heterocycles. The number of likely N-dealkylation sites (N-methyl/N-ethyl adjacent to an activating group) is 2. The van der Waals surface area contributed by atoms with Gasteiger partial charge in [0.2, 0.25) is 5.91 Å². The smallest absolute Gasteiger partial charge is 0.239 e. The zero-order valence-corrected chi connectivity index (χ0v) is 11.0. The Hall–Kier alpha value is -0.610. The van der Waals surface area contributed by atoms with Gasteiger partial charge in [-0.05, 0) is 39.8 Å². The first-order valence-corrected chi connectivity index (χ1v) is 6.11. The Morgan fingerprint density at radius 2 is 1.94 bits per heavy atom. The van der Waals surface area contributed by atoms with Gasteiger partial charge in [0.05, 0.1) is 6.04 Å². The van der Waals surface area contributed by atoms with Crippen molar-refractivity contribution < 1.29 is 4.79 Å². The summed E-state index contributed by atoms with van der Waals surface area (Å²) in [4.78, 5) is 15.9. The monoisotopic (exact) mass is 227 g/mol. The third-order valence-corrected chi connectivity index (χ3v) is 3.90. The van der Waals surface area contributed by atoms with E-state index in [0.29, 0.717) is 6.42 Å². The van der Waals surface area contributed by atoms with Crippen LogP contribution in [0.3, 0.4) is 0 Å². The Morgan fingerprint density at radius 1 is 1.38 bits per heavy atom. The maximum atomic E-state index is 11.9. The van der Waals surface area contributed by atoms with Crippen LogP contribution in [-0.2, 0) is 4.79 Å². The summed E-state index contributed by atoms with van der Waals surface area (Å²) in [5.41, 5.74) is 5.96. The fourth-order valence-electron chi connectivity index (χ4n) is 2.31. The molecule has 2 N–H and O–H groups in total. The molecule has 4 heteroatoms. The molecule has 0 bridgehead atoms. The van der Waals surface area contributed by atoms with Crippen LogP contribution in [0.1, 0.15) is 32.6 Å². The third-order valence-electron chi connectivity index (χ3n) is 3.90. The number of amides is 1. The molecule has 1 fully saturated rings. The van der Waals surface area contributed by atoms with E-state index in [1.165, 1.54) is 19.3 Å². The molecule has 1 amide bonds. The van der Waals surface area contributed by atoms with Crippen molar-refractivity contribution in [3.05, 3.63) is 0 Å². The lowest BCUT2D eigenvalue weighted by molar-refractivity contribution is -0.134. The van der Waals surface area contributed by atoms with Crippen molar-refractivity contribution in [1.29, 1.82) is 0 Å². The Balaban J connectivity index is 2.56. The average molecular weight is 227 g/mol. The number of carbonyl (C=O) groups excluding carboxylic acids is 1. The summed E-state index contributed by atoms with van der Waals surface area (Å²) in [7, 11) is 6.05. The van der Waals surface area contributed by atoms with Gasteiger partial charge in [-0.3, -0.25) is 4.79 Å². The topological polar surface area (TPSA) is 49.6 Å². The van der Waals surface area contributed by atoms with Crippen LogP contribution in [0.5, 0.6) is 0 Å². The van der Waals surface area contributed by atoms with Gasteiger partial charge >= 0.3 is 0 Å². The van der Waals surface area contributed by atoms with Crippen molar-refractivity contribution in [1.82, 2.24) is 9.80 Å². The number of nitrogens with zero attached hydrogens (tertiary/aromatic N) is 2. The minimum Gasteiger partial charge on any atom is -0.343 e. The predicted octanol–water partition coefficient (Wildman–Crippen LogP) is 0.666. The number of hydrogen-bond acceptors (Lipinski definition) is 3. The molecule has 1 saturated carbocycles. The van der Waals surface area contributed by atoms with Gasteiger partial charge in [-0.25, -0.2) is 0 Å². The van der Waals surface area contributed by atoms with E-state index < -0.39 is 0 Å². The number of hydrogen-bond donors (Lipinski definition) is 1. The van der Waals surface area contributed by atoms with Gasteiger partial charge in [-0.15, -0.1) is 0 Å². The van der Waals surface area contributed by atoms with E-state index in [-0.39, 0.29) is 17.5 Å². The summed E-state index contributed by atoms with van der Waals surface area (Å²) < 4.78 is 0. The van der Waals surface area contributed by atoms with Crippen LogP contribution in [-0.4, -0.2) is 55.0 Å². The van der Waals surface area contributed by atoms with Gasteiger partial charge in [0.25, 0.3) is 0 Å². The molecule has 1 rings (SSSR count). The average Bonchev–Trinajstić information content (AvgIpc) is 2.20. The Morgan fingerprint density at radius 3 is 2.25 bits per heavy atom. The molecule has 0 aromatic rings. The minimum atomic E-state index is -0.343. The second-order valence-electron chi connectivity index (χ2n) is 5.18. The number of rotatable bonds is 5. The number of nitrogens with two attached hydrogens (primary N) is 1. The highest BCUT2D eigenvalue weighted by Crippen LogP contribution is 2.36. The molecule has 1 aliphatic rings. The summed E-state index contributed by atoms with van der Waals surface area (Å²) >= 11 is 0. The maximum Gasteiger partial charge on any atom is 0.239 e. The molecule has 0 heterocycles. The second-order valence-corrected chi connectivity index (χ2v) is 5.18. The van der Waals surface area contributed by atoms with Crippen LogP contribution in [0.25, 0.3) is 0 Å². The summed E-state index contributed by atoms with van der Waals surface area (Å²) in [6.45, 7) is 2.74. The van der Waals surface area contributed by atoms with Crippen molar-refractivity contribution in [2.24, 2.45) is 5.73 Å². The fraction of sp³-hybridized carbons (Fsp3) is 0.917. The van der Waals surface area contributed by atoms with Crippen molar-refractivity contribution in [3.8, 4) is 0 Å². The molecular formula is C12H25N3O. The van der Waals surface area contributed by atoms with Crippen LogP contribution < -0.4 is 5.73 Å². The Kier molecular flexibility index (Phi) is 4.33. The molecule has 1 atom stereocenters. The van der Waals surface area contributed by atoms with Gasteiger partial charge < -0.3 is 15.5 Å². The van der Waals surface area contributed by atoms with Crippen LogP contribution in [0.4, 0.5) is 0 Å². The van der Waals surface area contributed by atoms with Crippen molar-refractivity contribution in [3.63, 3.8) is 0 Å². The van der Waals surface area contributed by atoms with Gasteiger partial charge in [-0.2, -0.15) is 0 Å². The third kappa shape index (κ3) is 2.55. The van der Waals surface area contributed by atoms with Crippen LogP contribution >= 0.6 is 0 Å². The van der Waals surface area contributed by atoms with Gasteiger partial charge in [0, 0.05) is 19.1 Å². The van der Waals surface area contributed by atoms with Crippen LogP contribution in [0.2, 0.25) is 0 Å². The standard InChI is InChI=1S/C12H25N3O/c1-5-10(13)11(16)15(4)9-12(14(2)3)7-6-8-12/h10H,5-9,13H2,1-4H3. The fourth-order valence-corrected chi connectivity index (χ4v) is 2.31. The molecule has 16 heavy (non-hydrogen) atoms. The SMILES string of the molecule is CCC(N)C(=O)N(C)CC1(N(C)C)CCC1. The van der Waals surface area contributed by atoms with Crippen molar-refractivity contribution in [2.75, 3.05) is 27.7 Å². The van der Waals surface area contributed by atoms with E-state index in [2.05, 4.69) is 19.0 Å². The molecular weight excluding hydrogens is 202 g/mol. The predicted molar refractivity (Wildman–Crippen MR) is 66.2 cm³/mol. The van der Waals surface area contributed by atoms with Gasteiger partial charge in [0.1, 0.15) is 0 Å². The van der Waals surface area contributed by atoms with Crippen LogP contribution in [0.15, 0.2) is 0 Å². The highest BCUT2D eigenvalue weighted by atomic mass is 16.2. The van der Waals surface area contributed by atoms with Gasteiger partial charge in [-0.1, -0.05) is 6.92 Å². The van der Waals surface area contributed by atoms with E-state index in [9.17, 15) is 4.79 Å². The molecule has 4 nitrogen and oxygen atoms in total.